The molecule has 0 amide bonds. The van der Waals surface area contributed by atoms with E-state index in [1.807, 2.05) is 11.9 Å². The first-order chi connectivity index (χ1) is 9.06. The van der Waals surface area contributed by atoms with Crippen molar-refractivity contribution in [3.05, 3.63) is 17.2 Å². The van der Waals surface area contributed by atoms with Crippen molar-refractivity contribution in [3.8, 4) is 11.5 Å². The second kappa shape index (κ2) is 5.57. The van der Waals surface area contributed by atoms with Gasteiger partial charge in [-0.1, -0.05) is 11.6 Å². The van der Waals surface area contributed by atoms with E-state index in [4.69, 9.17) is 25.8 Å². The lowest BCUT2D eigenvalue weighted by Crippen LogP contribution is -2.43. The normalized spacial score (nSPS) is 17.5. The average Bonchev–Trinajstić information content (AvgIpc) is 2.39. The molecule has 2 rings (SSSR count). The monoisotopic (exact) mass is 285 g/mol. The van der Waals surface area contributed by atoms with Gasteiger partial charge in [0.15, 0.2) is 0 Å². The van der Waals surface area contributed by atoms with Gasteiger partial charge in [-0.05, 0) is 13.0 Å². The topological polar surface area (TPSA) is 48.0 Å². The third-order valence-corrected chi connectivity index (χ3v) is 3.20. The largest absolute Gasteiger partial charge is 0.495 e. The molecule has 1 aromatic rings. The highest BCUT2D eigenvalue weighted by Gasteiger charge is 2.31. The number of benzene rings is 1. The van der Waals surface area contributed by atoms with E-state index in [-0.39, 0.29) is 5.97 Å². The van der Waals surface area contributed by atoms with Crippen LogP contribution in [0.5, 0.6) is 11.5 Å². The molecule has 0 spiro atoms. The summed E-state index contributed by atoms with van der Waals surface area (Å²) in [6.07, 6.45) is -0.636. The van der Waals surface area contributed by atoms with Gasteiger partial charge in [0.2, 0.25) is 6.10 Å². The Morgan fingerprint density at radius 1 is 1.58 bits per heavy atom. The Kier molecular flexibility index (Phi) is 4.04. The van der Waals surface area contributed by atoms with E-state index in [1.165, 1.54) is 7.11 Å². The molecule has 1 aromatic carbocycles. The zero-order valence-corrected chi connectivity index (χ0v) is 11.9. The van der Waals surface area contributed by atoms with Crippen LogP contribution >= 0.6 is 11.6 Å². The third kappa shape index (κ3) is 2.71. The molecule has 6 heteroatoms. The van der Waals surface area contributed by atoms with Crippen LogP contribution in [0.2, 0.25) is 5.02 Å². The summed E-state index contributed by atoms with van der Waals surface area (Å²) in [7, 11) is 3.40. The molecule has 0 aliphatic carbocycles. The van der Waals surface area contributed by atoms with E-state index < -0.39 is 6.10 Å². The maximum Gasteiger partial charge on any atom is 0.349 e. The van der Waals surface area contributed by atoms with Gasteiger partial charge < -0.3 is 19.1 Å². The zero-order chi connectivity index (χ0) is 14.0. The number of carbonyl (C=O) groups excluding carboxylic acids is 1. The van der Waals surface area contributed by atoms with Crippen LogP contribution in [0.25, 0.3) is 0 Å². The minimum atomic E-state index is -0.636. The summed E-state index contributed by atoms with van der Waals surface area (Å²) >= 11 is 6.08. The summed E-state index contributed by atoms with van der Waals surface area (Å²) in [5.74, 6) is 0.709. The van der Waals surface area contributed by atoms with E-state index in [0.717, 1.165) is 5.69 Å². The number of hydrogen-bond donors (Lipinski definition) is 0. The zero-order valence-electron chi connectivity index (χ0n) is 11.1. The minimum absolute atomic E-state index is 0.333. The lowest BCUT2D eigenvalue weighted by Gasteiger charge is -2.32. The Labute approximate surface area is 117 Å². The smallest absolute Gasteiger partial charge is 0.349 e. The van der Waals surface area contributed by atoms with Crippen molar-refractivity contribution < 1.29 is 19.0 Å². The number of fused-ring (bicyclic) bond motifs is 1. The average molecular weight is 286 g/mol. The van der Waals surface area contributed by atoms with Gasteiger partial charge in [0, 0.05) is 13.1 Å². The fourth-order valence-electron chi connectivity index (χ4n) is 1.97. The van der Waals surface area contributed by atoms with Gasteiger partial charge in [0.25, 0.3) is 0 Å². The standard InChI is InChI=1S/C13H16ClNO4/c1-4-18-13(16)12-7-15(2)9-5-8(14)10(17-3)6-11(9)19-12/h5-6,12H,4,7H2,1-3H3. The third-order valence-electron chi connectivity index (χ3n) is 2.90. The highest BCUT2D eigenvalue weighted by atomic mass is 35.5. The Morgan fingerprint density at radius 3 is 2.95 bits per heavy atom. The highest BCUT2D eigenvalue weighted by molar-refractivity contribution is 6.32. The fourth-order valence-corrected chi connectivity index (χ4v) is 2.20. The molecule has 104 valence electrons. The predicted octanol–water partition coefficient (Wildman–Crippen LogP) is 2.11. The van der Waals surface area contributed by atoms with Gasteiger partial charge in [0.1, 0.15) is 11.5 Å². The van der Waals surface area contributed by atoms with Gasteiger partial charge in [0.05, 0.1) is 31.0 Å². The number of esters is 1. The fraction of sp³-hybridized carbons (Fsp3) is 0.462. The molecule has 1 aliphatic heterocycles. The van der Waals surface area contributed by atoms with Crippen LogP contribution in [-0.4, -0.2) is 39.4 Å². The second-order valence-corrected chi connectivity index (χ2v) is 4.60. The quantitative estimate of drug-likeness (QED) is 0.796. The van der Waals surface area contributed by atoms with Crippen molar-refractivity contribution in [1.82, 2.24) is 0 Å². The number of rotatable bonds is 3. The van der Waals surface area contributed by atoms with Crippen molar-refractivity contribution in [2.75, 3.05) is 32.2 Å². The molecular weight excluding hydrogens is 270 g/mol. The molecule has 1 unspecified atom stereocenters. The maximum atomic E-state index is 11.7. The Hall–Kier alpha value is -1.62. The van der Waals surface area contributed by atoms with Crippen LogP contribution in [0.3, 0.4) is 0 Å². The summed E-state index contributed by atoms with van der Waals surface area (Å²) in [5, 5.41) is 0.506. The molecule has 0 N–H and O–H groups in total. The molecule has 0 saturated carbocycles. The molecule has 0 radical (unpaired) electrons. The SMILES string of the molecule is CCOC(=O)C1CN(C)c2cc(Cl)c(OC)cc2O1. The van der Waals surface area contributed by atoms with Crippen LogP contribution < -0.4 is 14.4 Å². The van der Waals surface area contributed by atoms with Crippen molar-refractivity contribution in [2.24, 2.45) is 0 Å². The van der Waals surface area contributed by atoms with Crippen LogP contribution in [0.1, 0.15) is 6.92 Å². The van der Waals surface area contributed by atoms with Gasteiger partial charge in [-0.3, -0.25) is 0 Å². The number of likely N-dealkylation sites (N-methyl/N-ethyl adjacent to an activating group) is 1. The molecule has 0 bridgehead atoms. The lowest BCUT2D eigenvalue weighted by molar-refractivity contribution is -0.151. The first kappa shape index (κ1) is 13.8. The van der Waals surface area contributed by atoms with E-state index in [1.54, 1.807) is 19.1 Å². The number of anilines is 1. The number of halogens is 1. The summed E-state index contributed by atoms with van der Waals surface area (Å²) in [6, 6.07) is 3.44. The lowest BCUT2D eigenvalue weighted by atomic mass is 10.2. The van der Waals surface area contributed by atoms with E-state index >= 15 is 0 Å². The second-order valence-electron chi connectivity index (χ2n) is 4.19. The van der Waals surface area contributed by atoms with Gasteiger partial charge in [-0.2, -0.15) is 0 Å². The molecule has 0 saturated heterocycles. The van der Waals surface area contributed by atoms with Crippen LogP contribution in [-0.2, 0) is 9.53 Å². The molecular formula is C13H16ClNO4. The summed E-state index contributed by atoms with van der Waals surface area (Å²) < 4.78 is 15.8. The number of ether oxygens (including phenoxy) is 3. The van der Waals surface area contributed by atoms with Crippen LogP contribution in [0.15, 0.2) is 12.1 Å². The van der Waals surface area contributed by atoms with Crippen molar-refractivity contribution >= 4 is 23.3 Å². The van der Waals surface area contributed by atoms with Crippen LogP contribution in [0.4, 0.5) is 5.69 Å². The Balaban J connectivity index is 2.29. The number of methoxy groups -OCH3 is 1. The van der Waals surface area contributed by atoms with Crippen molar-refractivity contribution in [2.45, 2.75) is 13.0 Å². The molecule has 5 nitrogen and oxygen atoms in total. The van der Waals surface area contributed by atoms with Crippen molar-refractivity contribution in [1.29, 1.82) is 0 Å². The minimum Gasteiger partial charge on any atom is -0.495 e. The number of hydrogen-bond acceptors (Lipinski definition) is 5. The molecule has 0 aromatic heterocycles. The molecule has 0 fully saturated rings. The summed E-state index contributed by atoms with van der Waals surface area (Å²) in [4.78, 5) is 13.7. The van der Waals surface area contributed by atoms with Crippen LogP contribution in [0, 0.1) is 0 Å². The molecule has 1 atom stereocenters. The Morgan fingerprint density at radius 2 is 2.32 bits per heavy atom. The first-order valence-electron chi connectivity index (χ1n) is 5.98. The summed E-state index contributed by atoms with van der Waals surface area (Å²) in [6.45, 7) is 2.52. The van der Waals surface area contributed by atoms with E-state index in [0.29, 0.717) is 29.7 Å². The molecule has 19 heavy (non-hydrogen) atoms. The Bertz CT molecular complexity index is 492. The van der Waals surface area contributed by atoms with Crippen molar-refractivity contribution in [3.63, 3.8) is 0 Å². The number of carbonyl (C=O) groups is 1. The highest BCUT2D eigenvalue weighted by Crippen LogP contribution is 2.40. The predicted molar refractivity (Wildman–Crippen MR) is 72.3 cm³/mol. The van der Waals surface area contributed by atoms with Gasteiger partial charge >= 0.3 is 5.97 Å². The number of nitrogens with zero attached hydrogens (tertiary/aromatic N) is 1. The molecule has 1 heterocycles. The maximum absolute atomic E-state index is 11.7. The van der Waals surface area contributed by atoms with E-state index in [9.17, 15) is 4.79 Å². The van der Waals surface area contributed by atoms with E-state index in [2.05, 4.69) is 0 Å². The first-order valence-corrected chi connectivity index (χ1v) is 6.36. The summed E-state index contributed by atoms with van der Waals surface area (Å²) in [5.41, 5.74) is 0.825. The molecule has 1 aliphatic rings. The van der Waals surface area contributed by atoms with Gasteiger partial charge in [-0.15, -0.1) is 0 Å². The van der Waals surface area contributed by atoms with Gasteiger partial charge in [-0.25, -0.2) is 4.79 Å².